The van der Waals surface area contributed by atoms with Gasteiger partial charge in [0.25, 0.3) is 10.2 Å². The number of carbonyl (C=O) groups is 2. The smallest absolute Gasteiger partial charge is 0.310 e. The average molecular weight is 323 g/mol. The number of carbonyl (C=O) groups excluding carboxylic acids is 2. The molecule has 1 saturated heterocycles. The van der Waals surface area contributed by atoms with Crippen LogP contribution in [0.15, 0.2) is 0 Å². The second-order valence-electron chi connectivity index (χ2n) is 4.72. The van der Waals surface area contributed by atoms with Crippen molar-refractivity contribution in [2.24, 2.45) is 11.7 Å². The molecule has 0 aliphatic carbocycles. The van der Waals surface area contributed by atoms with Crippen LogP contribution in [-0.4, -0.2) is 62.1 Å². The third-order valence-corrected chi connectivity index (χ3v) is 4.67. The van der Waals surface area contributed by atoms with E-state index in [1.807, 2.05) is 0 Å². The Kier molecular flexibility index (Phi) is 6.52. The molecule has 0 aromatic heterocycles. The molecule has 10 heteroatoms. The molecule has 2 atom stereocenters. The van der Waals surface area contributed by atoms with Gasteiger partial charge in [0.1, 0.15) is 6.10 Å². The van der Waals surface area contributed by atoms with Crippen molar-refractivity contribution in [1.29, 1.82) is 0 Å². The summed E-state index contributed by atoms with van der Waals surface area (Å²) >= 11 is 0. The first kappa shape index (κ1) is 17.8. The summed E-state index contributed by atoms with van der Waals surface area (Å²) in [6.45, 7) is 1.70. The number of primary amides is 1. The zero-order valence-electron chi connectivity index (χ0n) is 11.8. The van der Waals surface area contributed by atoms with Gasteiger partial charge in [-0.15, -0.1) is 0 Å². The molecule has 0 spiro atoms. The van der Waals surface area contributed by atoms with E-state index in [0.29, 0.717) is 12.8 Å². The lowest BCUT2D eigenvalue weighted by molar-refractivity contribution is -0.149. The largest absolute Gasteiger partial charge is 0.466 e. The maximum Gasteiger partial charge on any atom is 0.310 e. The van der Waals surface area contributed by atoms with E-state index in [1.54, 1.807) is 6.92 Å². The minimum absolute atomic E-state index is 0.0147. The summed E-state index contributed by atoms with van der Waals surface area (Å²) in [4.78, 5) is 22.3. The van der Waals surface area contributed by atoms with Crippen LogP contribution in [0.4, 0.5) is 0 Å². The van der Waals surface area contributed by atoms with Crippen LogP contribution in [-0.2, 0) is 24.5 Å². The van der Waals surface area contributed by atoms with E-state index in [2.05, 4.69) is 4.72 Å². The highest BCUT2D eigenvalue weighted by atomic mass is 32.2. The van der Waals surface area contributed by atoms with Crippen molar-refractivity contribution in [3.05, 3.63) is 0 Å². The highest BCUT2D eigenvalue weighted by Crippen LogP contribution is 2.19. The molecule has 1 rings (SSSR count). The number of hydrogen-bond donors (Lipinski definition) is 3. The molecule has 122 valence electrons. The summed E-state index contributed by atoms with van der Waals surface area (Å²) in [6, 6.07) is 0. The first-order valence-electron chi connectivity index (χ1n) is 6.66. The van der Waals surface area contributed by atoms with Gasteiger partial charge < -0.3 is 15.6 Å². The summed E-state index contributed by atoms with van der Waals surface area (Å²) < 4.78 is 32.2. The molecule has 1 amide bonds. The van der Waals surface area contributed by atoms with Crippen molar-refractivity contribution < 1.29 is 27.9 Å². The predicted molar refractivity (Wildman–Crippen MR) is 73.1 cm³/mol. The zero-order valence-corrected chi connectivity index (χ0v) is 12.6. The lowest BCUT2D eigenvalue weighted by atomic mass is 10.0. The average Bonchev–Trinajstić information content (AvgIpc) is 2.45. The van der Waals surface area contributed by atoms with Crippen LogP contribution in [0.3, 0.4) is 0 Å². The Bertz CT molecular complexity index is 480. The van der Waals surface area contributed by atoms with Gasteiger partial charge in [0.15, 0.2) is 0 Å². The maximum atomic E-state index is 12.0. The summed E-state index contributed by atoms with van der Waals surface area (Å²) in [5.41, 5.74) is 4.84. The van der Waals surface area contributed by atoms with Gasteiger partial charge in [-0.25, -0.2) is 0 Å². The van der Waals surface area contributed by atoms with Crippen molar-refractivity contribution in [2.75, 3.05) is 26.2 Å². The molecule has 21 heavy (non-hydrogen) atoms. The molecule has 1 fully saturated rings. The van der Waals surface area contributed by atoms with Crippen molar-refractivity contribution >= 4 is 22.1 Å². The Morgan fingerprint density at radius 2 is 2.19 bits per heavy atom. The van der Waals surface area contributed by atoms with Crippen molar-refractivity contribution in [2.45, 2.75) is 25.9 Å². The fraction of sp³-hybridized carbons (Fsp3) is 0.818. The first-order chi connectivity index (χ1) is 9.77. The number of nitrogens with two attached hydrogens (primary N) is 1. The molecule has 0 bridgehead atoms. The number of nitrogens with one attached hydrogen (secondary N) is 1. The van der Waals surface area contributed by atoms with Crippen molar-refractivity contribution in [3.8, 4) is 0 Å². The van der Waals surface area contributed by atoms with E-state index in [0.717, 1.165) is 4.31 Å². The van der Waals surface area contributed by atoms with Gasteiger partial charge in [0.05, 0.1) is 12.5 Å². The third kappa shape index (κ3) is 5.23. The molecule has 0 aromatic rings. The van der Waals surface area contributed by atoms with E-state index in [4.69, 9.17) is 10.5 Å². The van der Waals surface area contributed by atoms with Gasteiger partial charge in [-0.1, -0.05) is 0 Å². The second-order valence-corrected chi connectivity index (χ2v) is 6.48. The van der Waals surface area contributed by atoms with Gasteiger partial charge in [0, 0.05) is 19.6 Å². The van der Waals surface area contributed by atoms with Crippen LogP contribution in [0.25, 0.3) is 0 Å². The lowest BCUT2D eigenvalue weighted by Crippen LogP contribution is -2.50. The Morgan fingerprint density at radius 1 is 1.52 bits per heavy atom. The molecule has 0 radical (unpaired) electrons. The molecule has 1 aliphatic rings. The number of aliphatic hydroxyl groups is 1. The van der Waals surface area contributed by atoms with Gasteiger partial charge in [-0.05, 0) is 19.8 Å². The molecular formula is C11H21N3O6S. The quantitative estimate of drug-likeness (QED) is 0.460. The minimum atomic E-state index is -3.89. The number of piperidine rings is 1. The molecular weight excluding hydrogens is 302 g/mol. The fourth-order valence-electron chi connectivity index (χ4n) is 1.99. The van der Waals surface area contributed by atoms with Crippen LogP contribution < -0.4 is 10.5 Å². The van der Waals surface area contributed by atoms with Crippen LogP contribution in [0.5, 0.6) is 0 Å². The first-order valence-corrected chi connectivity index (χ1v) is 8.10. The lowest BCUT2D eigenvalue weighted by Gasteiger charge is -2.30. The zero-order chi connectivity index (χ0) is 16.0. The summed E-state index contributed by atoms with van der Waals surface area (Å²) in [5, 5.41) is 9.20. The Balaban J connectivity index is 2.61. The third-order valence-electron chi connectivity index (χ3n) is 3.13. The van der Waals surface area contributed by atoms with Crippen molar-refractivity contribution in [1.82, 2.24) is 9.03 Å². The summed E-state index contributed by atoms with van der Waals surface area (Å²) in [5.74, 6) is -1.94. The molecule has 1 heterocycles. The molecule has 0 aromatic carbocycles. The van der Waals surface area contributed by atoms with Crippen LogP contribution >= 0.6 is 0 Å². The Morgan fingerprint density at radius 3 is 2.76 bits per heavy atom. The number of aliphatic hydroxyl groups excluding tert-OH is 1. The molecule has 4 N–H and O–H groups in total. The van der Waals surface area contributed by atoms with Crippen LogP contribution in [0.2, 0.25) is 0 Å². The summed E-state index contributed by atoms with van der Waals surface area (Å²) in [6.07, 6.45) is -0.497. The normalized spacial score (nSPS) is 21.7. The van der Waals surface area contributed by atoms with E-state index in [1.165, 1.54) is 0 Å². The highest BCUT2D eigenvalue weighted by Gasteiger charge is 2.33. The van der Waals surface area contributed by atoms with Gasteiger partial charge >= 0.3 is 5.97 Å². The molecule has 9 nitrogen and oxygen atoms in total. The SMILES string of the molecule is CCOC(=O)C1CCCN(S(=O)(=O)NCC(O)C(N)=O)C1. The van der Waals surface area contributed by atoms with E-state index >= 15 is 0 Å². The van der Waals surface area contributed by atoms with E-state index < -0.39 is 40.7 Å². The van der Waals surface area contributed by atoms with Crippen LogP contribution in [0, 0.1) is 5.92 Å². The van der Waals surface area contributed by atoms with Gasteiger partial charge in [0.2, 0.25) is 5.91 Å². The number of hydrogen-bond acceptors (Lipinski definition) is 6. The summed E-state index contributed by atoms with van der Waals surface area (Å²) in [7, 11) is -3.89. The fourth-order valence-corrected chi connectivity index (χ4v) is 3.29. The number of esters is 1. The van der Waals surface area contributed by atoms with E-state index in [-0.39, 0.29) is 19.7 Å². The number of rotatable bonds is 7. The Labute approximate surface area is 123 Å². The van der Waals surface area contributed by atoms with E-state index in [9.17, 15) is 23.1 Å². The molecule has 1 aliphatic heterocycles. The second kappa shape index (κ2) is 7.69. The highest BCUT2D eigenvalue weighted by molar-refractivity contribution is 7.87. The number of ether oxygens (including phenoxy) is 1. The topological polar surface area (TPSA) is 139 Å². The van der Waals surface area contributed by atoms with Gasteiger partial charge in [-0.2, -0.15) is 17.4 Å². The number of amides is 1. The Hall–Kier alpha value is -1.23. The van der Waals surface area contributed by atoms with Crippen LogP contribution in [0.1, 0.15) is 19.8 Å². The number of nitrogens with zero attached hydrogens (tertiary/aromatic N) is 1. The predicted octanol–water partition coefficient (Wildman–Crippen LogP) is -2.06. The monoisotopic (exact) mass is 323 g/mol. The van der Waals surface area contributed by atoms with Crippen molar-refractivity contribution in [3.63, 3.8) is 0 Å². The molecule has 2 unspecified atom stereocenters. The maximum absolute atomic E-state index is 12.0. The van der Waals surface area contributed by atoms with Gasteiger partial charge in [-0.3, -0.25) is 9.59 Å². The standard InChI is InChI=1S/C11H21N3O6S/c1-2-20-11(17)8-4-3-5-14(7-8)21(18,19)13-6-9(15)10(12)16/h8-9,13,15H,2-7H2,1H3,(H2,12,16). The minimum Gasteiger partial charge on any atom is -0.466 e. The molecule has 0 saturated carbocycles.